The zero-order chi connectivity index (χ0) is 71.2. The number of fused-ring (bicyclic) bond motifs is 9. The summed E-state index contributed by atoms with van der Waals surface area (Å²) in [7, 11) is 0. The van der Waals surface area contributed by atoms with Crippen LogP contribution in [-0.4, -0.2) is 48.2 Å². The lowest BCUT2D eigenvalue weighted by Gasteiger charge is -2.21. The van der Waals surface area contributed by atoms with Crippen LogP contribution in [0.2, 0.25) is 0 Å². The summed E-state index contributed by atoms with van der Waals surface area (Å²) in [5, 5.41) is 2.54. The molecule has 0 radical (unpaired) electrons. The second-order valence-electron chi connectivity index (χ2n) is 26.8. The Balaban J connectivity index is 0.000000106. The van der Waals surface area contributed by atoms with Crippen LogP contribution in [0, 0.1) is 13.8 Å². The second kappa shape index (κ2) is 25.6. The van der Waals surface area contributed by atoms with E-state index in [1.165, 1.54) is 44.1 Å². The van der Waals surface area contributed by atoms with Gasteiger partial charge in [-0.3, -0.25) is 13.7 Å². The zero-order valence-corrected chi connectivity index (χ0v) is 58.5. The smallest absolute Gasteiger partial charge is 0.166 e. The molecule has 0 bridgehead atoms. The third-order valence-corrected chi connectivity index (χ3v) is 20.4. The third-order valence-electron chi connectivity index (χ3n) is 20.4. The predicted octanol–water partition coefficient (Wildman–Crippen LogP) is 23.5. The van der Waals surface area contributed by atoms with Crippen molar-refractivity contribution in [2.45, 2.75) is 27.2 Å². The van der Waals surface area contributed by atoms with Crippen LogP contribution in [-0.2, 0) is 6.42 Å². The van der Waals surface area contributed by atoms with Gasteiger partial charge in [0, 0.05) is 50.7 Å². The average Bonchev–Trinajstić information content (AvgIpc) is 1.62. The van der Waals surface area contributed by atoms with Crippen molar-refractivity contribution in [3.05, 3.63) is 339 Å². The van der Waals surface area contributed by atoms with E-state index in [4.69, 9.17) is 44.1 Å². The minimum Gasteiger partial charge on any atom is -0.453 e. The first kappa shape index (κ1) is 62.5. The Labute approximate surface area is 615 Å². The summed E-state index contributed by atoms with van der Waals surface area (Å²) in [5.74, 6) is 9.69. The Bertz CT molecular complexity index is 6290. The van der Waals surface area contributed by atoms with Crippen molar-refractivity contribution in [2.24, 2.45) is 0 Å². The van der Waals surface area contributed by atoms with Gasteiger partial charge in [-0.15, -0.1) is 0 Å². The molecule has 19 aromatic rings. The van der Waals surface area contributed by atoms with E-state index in [2.05, 4.69) is 226 Å². The monoisotopic (exact) mass is 1380 g/mol. The number of rotatable bonds is 9. The van der Waals surface area contributed by atoms with Crippen molar-refractivity contribution in [1.29, 1.82) is 0 Å². The minimum absolute atomic E-state index is 0.577. The summed E-state index contributed by atoms with van der Waals surface area (Å²) in [4.78, 5) is 29.7. The van der Waals surface area contributed by atoms with Crippen LogP contribution in [0.3, 0.4) is 0 Å². The average molecular weight is 1380 g/mol. The van der Waals surface area contributed by atoms with E-state index in [0.717, 1.165) is 153 Å². The van der Waals surface area contributed by atoms with Gasteiger partial charge in [-0.25, -0.2) is 29.9 Å². The molecule has 0 atom stereocenters. The summed E-state index contributed by atoms with van der Waals surface area (Å²) < 4.78 is 27.8. The van der Waals surface area contributed by atoms with Gasteiger partial charge in [-0.2, -0.15) is 0 Å². The van der Waals surface area contributed by atoms with E-state index in [1.807, 2.05) is 134 Å². The summed E-state index contributed by atoms with van der Waals surface area (Å²) >= 11 is 0. The van der Waals surface area contributed by atoms with Gasteiger partial charge in [0.25, 0.3) is 0 Å². The fourth-order valence-electron chi connectivity index (χ4n) is 15.5. The fraction of sp³-hybridized carbons (Fsp3) is 0.0426. The van der Waals surface area contributed by atoms with Crippen LogP contribution in [0.1, 0.15) is 24.4 Å². The molecule has 0 saturated carbocycles. The molecule has 0 amide bonds. The van der Waals surface area contributed by atoms with Crippen molar-refractivity contribution in [3.8, 4) is 136 Å². The largest absolute Gasteiger partial charge is 0.453 e. The Kier molecular flexibility index (Phi) is 14.9. The van der Waals surface area contributed by atoms with Crippen molar-refractivity contribution in [3.63, 3.8) is 0 Å². The van der Waals surface area contributed by atoms with Crippen LogP contribution < -0.4 is 14.2 Å². The van der Waals surface area contributed by atoms with Crippen molar-refractivity contribution >= 4 is 54.9 Å². The topological polar surface area (TPSA) is 125 Å². The number of aryl methyl sites for hydroxylation is 3. The van der Waals surface area contributed by atoms with Gasteiger partial charge >= 0.3 is 0 Å². The first-order chi connectivity index (χ1) is 52.8. The zero-order valence-electron chi connectivity index (χ0n) is 58.5. The molecule has 14 aromatic carbocycles. The van der Waals surface area contributed by atoms with Crippen LogP contribution in [0.25, 0.3) is 156 Å². The SMILES string of the molecule is CCc1nc2c(-c3ccc(-n4c5ccccc5c5ccccc54)cc3)ccc3c2n1-c1ccccc1O3.Cc1nc2c(-c3cc(-c4ccccc4)cc(-c4ccccc4)c3)ccc3c2n1-c1ccccc1O3.Cc1nc2c(-c3nc(-c4ccccc4)nc(-c4ccccc4)n3)ccc3c2n1-c1ccccc1O3. The number of nitrogens with zero attached hydrogens (tertiary/aromatic N) is 10. The van der Waals surface area contributed by atoms with Crippen LogP contribution in [0.5, 0.6) is 34.5 Å². The minimum atomic E-state index is 0.577. The summed E-state index contributed by atoms with van der Waals surface area (Å²) in [6, 6.07) is 111. The van der Waals surface area contributed by atoms with E-state index < -0.39 is 0 Å². The van der Waals surface area contributed by atoms with Gasteiger partial charge in [0.2, 0.25) is 0 Å². The number of hydrogen-bond donors (Lipinski definition) is 0. The van der Waals surface area contributed by atoms with Crippen LogP contribution in [0.15, 0.2) is 322 Å². The van der Waals surface area contributed by atoms with Crippen molar-refractivity contribution < 1.29 is 14.2 Å². The fourth-order valence-corrected chi connectivity index (χ4v) is 15.5. The van der Waals surface area contributed by atoms with E-state index >= 15 is 0 Å². The van der Waals surface area contributed by atoms with Crippen LogP contribution in [0.4, 0.5) is 0 Å². The normalized spacial score (nSPS) is 12.0. The maximum atomic E-state index is 6.28. The molecule has 13 nitrogen and oxygen atoms in total. The molecule has 0 spiro atoms. The molecule has 8 heterocycles. The van der Waals surface area contributed by atoms with Gasteiger partial charge in [-0.1, -0.05) is 213 Å². The molecule has 0 saturated heterocycles. The van der Waals surface area contributed by atoms with Gasteiger partial charge in [0.05, 0.1) is 28.1 Å². The molecule has 5 aromatic heterocycles. The number of ether oxygens (including phenoxy) is 3. The molecular formula is C94H64N10O3. The highest BCUT2D eigenvalue weighted by atomic mass is 16.5. The summed E-state index contributed by atoms with van der Waals surface area (Å²) in [5.41, 5.74) is 24.3. The third kappa shape index (κ3) is 10.6. The van der Waals surface area contributed by atoms with E-state index in [0.29, 0.717) is 17.5 Å². The molecule has 0 aliphatic carbocycles. The lowest BCUT2D eigenvalue weighted by atomic mass is 9.93. The first-order valence-electron chi connectivity index (χ1n) is 36.0. The highest BCUT2D eigenvalue weighted by Crippen LogP contribution is 2.49. The number of imidazole rings is 3. The van der Waals surface area contributed by atoms with Crippen molar-refractivity contribution in [2.75, 3.05) is 0 Å². The summed E-state index contributed by atoms with van der Waals surface area (Å²) in [6.45, 7) is 6.22. The highest BCUT2D eigenvalue weighted by Gasteiger charge is 2.30. The maximum Gasteiger partial charge on any atom is 0.166 e. The quantitative estimate of drug-likeness (QED) is 0.139. The number of hydrogen-bond acceptors (Lipinski definition) is 9. The molecule has 13 heteroatoms. The van der Waals surface area contributed by atoms with Crippen LogP contribution >= 0.6 is 0 Å². The van der Waals surface area contributed by atoms with Gasteiger partial charge in [-0.05, 0) is 162 Å². The Morgan fingerprint density at radius 3 is 1.10 bits per heavy atom. The number of para-hydroxylation sites is 8. The standard InChI is InChI=1S/C33H23N3O.C32H22N2O.C29H19N5O/c1-2-31-34-32-23(19-20-30-33(32)36(31)28-13-7-8-14-29(28)37-30)21-15-17-22(18-16-21)35-26-11-5-3-9-24(26)25-10-4-6-12-27(25)35;1-21-33-31-27(16-17-30-32(31)34(21)28-14-8-9-15-29(28)35-30)26-19-24(22-10-4-2-5-11-22)18-25(20-26)23-12-6-3-7-13-23;1-18-30-25-21(16-17-24-26(25)34(18)22-14-8-9-15-23(22)35-24)29-32-27(19-10-4-2-5-11-19)31-28(33-29)20-12-6-3-7-13-20/h3-20H,2H2,1H3;2-20H,1H3;2-17H,1H3. The second-order valence-corrected chi connectivity index (χ2v) is 26.8. The Morgan fingerprint density at radius 1 is 0.262 bits per heavy atom. The maximum absolute atomic E-state index is 6.28. The lowest BCUT2D eigenvalue weighted by molar-refractivity contribution is 0.474. The first-order valence-corrected chi connectivity index (χ1v) is 36.0. The summed E-state index contributed by atoms with van der Waals surface area (Å²) in [6.07, 6.45) is 0.842. The number of aromatic nitrogens is 10. The Morgan fingerprint density at radius 2 is 0.626 bits per heavy atom. The lowest BCUT2D eigenvalue weighted by Crippen LogP contribution is -2.06. The van der Waals surface area contributed by atoms with Gasteiger partial charge < -0.3 is 18.8 Å². The van der Waals surface area contributed by atoms with E-state index in [1.54, 1.807) is 0 Å². The van der Waals surface area contributed by atoms with Gasteiger partial charge in [0.15, 0.2) is 52.0 Å². The van der Waals surface area contributed by atoms with E-state index in [9.17, 15) is 0 Å². The molecule has 3 aliphatic rings. The molecule has 0 unspecified atom stereocenters. The predicted molar refractivity (Wildman–Crippen MR) is 428 cm³/mol. The molecular weight excluding hydrogens is 1320 g/mol. The Hall–Kier alpha value is -14.3. The van der Waals surface area contributed by atoms with Crippen molar-refractivity contribution in [1.82, 2.24) is 48.2 Å². The molecule has 3 aliphatic heterocycles. The molecule has 22 rings (SSSR count). The number of benzene rings is 14. The highest BCUT2D eigenvalue weighted by molar-refractivity contribution is 6.09. The molecule has 0 N–H and O–H groups in total. The molecule has 0 fully saturated rings. The van der Waals surface area contributed by atoms with Gasteiger partial charge in [0.1, 0.15) is 50.6 Å². The van der Waals surface area contributed by atoms with E-state index in [-0.39, 0.29) is 0 Å². The molecule has 508 valence electrons. The molecule has 107 heavy (non-hydrogen) atoms.